The molecule has 1 saturated carbocycles. The molecular formula is C16H31NO2. The predicted molar refractivity (Wildman–Crippen MR) is 78.4 cm³/mol. The molecule has 3 heteroatoms. The van der Waals surface area contributed by atoms with Crippen LogP contribution in [0.15, 0.2) is 0 Å². The molecule has 1 aliphatic carbocycles. The lowest BCUT2D eigenvalue weighted by atomic mass is 9.83. The minimum absolute atomic E-state index is 0.263. The van der Waals surface area contributed by atoms with E-state index in [1.807, 2.05) is 0 Å². The van der Waals surface area contributed by atoms with E-state index >= 15 is 0 Å². The molecule has 112 valence electrons. The SMILES string of the molecule is CC(C)COCCNCC1CCC2(CCCCC2)O1. The summed E-state index contributed by atoms with van der Waals surface area (Å²) in [7, 11) is 0. The van der Waals surface area contributed by atoms with E-state index < -0.39 is 0 Å². The van der Waals surface area contributed by atoms with Gasteiger partial charge in [-0.1, -0.05) is 33.1 Å². The second-order valence-corrected chi connectivity index (χ2v) is 6.70. The fourth-order valence-corrected chi connectivity index (χ4v) is 3.33. The fraction of sp³-hybridized carbons (Fsp3) is 1.00. The van der Waals surface area contributed by atoms with Crippen LogP contribution in [0.3, 0.4) is 0 Å². The summed E-state index contributed by atoms with van der Waals surface area (Å²) in [4.78, 5) is 0. The first-order chi connectivity index (χ1) is 9.20. The van der Waals surface area contributed by atoms with Crippen LogP contribution in [0.2, 0.25) is 0 Å². The van der Waals surface area contributed by atoms with Crippen LogP contribution < -0.4 is 5.32 Å². The lowest BCUT2D eigenvalue weighted by molar-refractivity contribution is -0.0625. The van der Waals surface area contributed by atoms with E-state index in [1.165, 1.54) is 44.9 Å². The van der Waals surface area contributed by atoms with Crippen molar-refractivity contribution < 1.29 is 9.47 Å². The van der Waals surface area contributed by atoms with Crippen LogP contribution in [0.4, 0.5) is 0 Å². The molecule has 0 aromatic rings. The molecule has 2 aliphatic rings. The summed E-state index contributed by atoms with van der Waals surface area (Å²) in [5.74, 6) is 0.629. The average molecular weight is 269 g/mol. The zero-order chi connectivity index (χ0) is 13.6. The van der Waals surface area contributed by atoms with E-state index in [2.05, 4.69) is 19.2 Å². The molecule has 1 unspecified atom stereocenters. The highest BCUT2D eigenvalue weighted by Crippen LogP contribution is 2.41. The van der Waals surface area contributed by atoms with Gasteiger partial charge in [-0.05, 0) is 31.6 Å². The Kier molecular flexibility index (Phi) is 6.11. The van der Waals surface area contributed by atoms with E-state index in [9.17, 15) is 0 Å². The summed E-state index contributed by atoms with van der Waals surface area (Å²) in [6, 6.07) is 0. The van der Waals surface area contributed by atoms with Crippen molar-refractivity contribution in [2.45, 2.75) is 70.5 Å². The largest absolute Gasteiger partial charge is 0.380 e. The first-order valence-electron chi connectivity index (χ1n) is 8.16. The Hall–Kier alpha value is -0.120. The second-order valence-electron chi connectivity index (χ2n) is 6.70. The minimum Gasteiger partial charge on any atom is -0.380 e. The van der Waals surface area contributed by atoms with Gasteiger partial charge in [-0.2, -0.15) is 0 Å². The Morgan fingerprint density at radius 1 is 1.21 bits per heavy atom. The second kappa shape index (κ2) is 7.61. The zero-order valence-electron chi connectivity index (χ0n) is 12.7. The van der Waals surface area contributed by atoms with Crippen molar-refractivity contribution in [3.8, 4) is 0 Å². The lowest BCUT2D eigenvalue weighted by Crippen LogP contribution is -2.35. The van der Waals surface area contributed by atoms with Crippen molar-refractivity contribution >= 4 is 0 Å². The zero-order valence-corrected chi connectivity index (χ0v) is 12.7. The normalized spacial score (nSPS) is 26.4. The van der Waals surface area contributed by atoms with Crippen LogP contribution in [0.1, 0.15) is 58.8 Å². The maximum atomic E-state index is 6.33. The van der Waals surface area contributed by atoms with Crippen molar-refractivity contribution in [2.24, 2.45) is 5.92 Å². The van der Waals surface area contributed by atoms with Gasteiger partial charge in [0, 0.05) is 19.7 Å². The number of rotatable bonds is 7. The van der Waals surface area contributed by atoms with Crippen LogP contribution in [-0.2, 0) is 9.47 Å². The average Bonchev–Trinajstić information content (AvgIpc) is 2.77. The molecule has 1 N–H and O–H groups in total. The van der Waals surface area contributed by atoms with Crippen LogP contribution >= 0.6 is 0 Å². The van der Waals surface area contributed by atoms with Crippen molar-refractivity contribution in [3.05, 3.63) is 0 Å². The first kappa shape index (κ1) is 15.3. The lowest BCUT2D eigenvalue weighted by Gasteiger charge is -2.33. The molecule has 2 rings (SSSR count). The van der Waals surface area contributed by atoms with Gasteiger partial charge >= 0.3 is 0 Å². The smallest absolute Gasteiger partial charge is 0.0708 e. The molecule has 3 nitrogen and oxygen atoms in total. The van der Waals surface area contributed by atoms with Crippen LogP contribution in [-0.4, -0.2) is 38.0 Å². The quantitative estimate of drug-likeness (QED) is 0.720. The van der Waals surface area contributed by atoms with Gasteiger partial charge in [0.05, 0.1) is 18.3 Å². The van der Waals surface area contributed by atoms with Crippen molar-refractivity contribution in [3.63, 3.8) is 0 Å². The van der Waals surface area contributed by atoms with Crippen molar-refractivity contribution in [2.75, 3.05) is 26.3 Å². The van der Waals surface area contributed by atoms with Crippen molar-refractivity contribution in [1.29, 1.82) is 0 Å². The maximum Gasteiger partial charge on any atom is 0.0708 e. The topological polar surface area (TPSA) is 30.5 Å². The summed E-state index contributed by atoms with van der Waals surface area (Å²) in [6.45, 7) is 7.99. The molecule has 0 bridgehead atoms. The minimum atomic E-state index is 0.263. The molecule has 0 radical (unpaired) electrons. The van der Waals surface area contributed by atoms with Crippen LogP contribution in [0, 0.1) is 5.92 Å². The third kappa shape index (κ3) is 5.05. The van der Waals surface area contributed by atoms with E-state index in [0.717, 1.165) is 26.3 Å². The number of hydrogen-bond acceptors (Lipinski definition) is 3. The Labute approximate surface area is 118 Å². The predicted octanol–water partition coefficient (Wildman–Crippen LogP) is 3.13. The molecule has 1 spiro atoms. The molecular weight excluding hydrogens is 238 g/mol. The number of nitrogens with one attached hydrogen (secondary N) is 1. The van der Waals surface area contributed by atoms with E-state index in [1.54, 1.807) is 0 Å². The van der Waals surface area contributed by atoms with Crippen LogP contribution in [0.5, 0.6) is 0 Å². The highest BCUT2D eigenvalue weighted by Gasteiger charge is 2.40. The Bertz CT molecular complexity index is 249. The summed E-state index contributed by atoms with van der Waals surface area (Å²) in [5, 5.41) is 3.47. The van der Waals surface area contributed by atoms with Gasteiger partial charge in [0.25, 0.3) is 0 Å². The summed E-state index contributed by atoms with van der Waals surface area (Å²) >= 11 is 0. The molecule has 1 aliphatic heterocycles. The Morgan fingerprint density at radius 2 is 2.00 bits per heavy atom. The standard InChI is InChI=1S/C16H31NO2/c1-14(2)13-18-11-10-17-12-15-6-9-16(19-15)7-4-3-5-8-16/h14-15,17H,3-13H2,1-2H3. The van der Waals surface area contributed by atoms with Gasteiger partial charge in [-0.25, -0.2) is 0 Å². The number of ether oxygens (including phenoxy) is 2. The molecule has 2 fully saturated rings. The first-order valence-corrected chi connectivity index (χ1v) is 8.16. The van der Waals surface area contributed by atoms with E-state index in [-0.39, 0.29) is 5.60 Å². The molecule has 1 heterocycles. The van der Waals surface area contributed by atoms with E-state index in [0.29, 0.717) is 12.0 Å². The highest BCUT2D eigenvalue weighted by atomic mass is 16.5. The van der Waals surface area contributed by atoms with Gasteiger partial charge in [-0.15, -0.1) is 0 Å². The fourth-order valence-electron chi connectivity index (χ4n) is 3.33. The third-order valence-electron chi connectivity index (χ3n) is 4.35. The van der Waals surface area contributed by atoms with Crippen molar-refractivity contribution in [1.82, 2.24) is 5.32 Å². The molecule has 1 atom stereocenters. The highest BCUT2D eigenvalue weighted by molar-refractivity contribution is 4.91. The third-order valence-corrected chi connectivity index (χ3v) is 4.35. The molecule has 19 heavy (non-hydrogen) atoms. The monoisotopic (exact) mass is 269 g/mol. The van der Waals surface area contributed by atoms with Gasteiger partial charge < -0.3 is 14.8 Å². The summed E-state index contributed by atoms with van der Waals surface area (Å²) < 4.78 is 11.9. The Balaban J connectivity index is 1.53. The molecule has 0 amide bonds. The number of hydrogen-bond donors (Lipinski definition) is 1. The van der Waals surface area contributed by atoms with Gasteiger partial charge in [-0.3, -0.25) is 0 Å². The molecule has 1 saturated heterocycles. The van der Waals surface area contributed by atoms with Gasteiger partial charge in [0.15, 0.2) is 0 Å². The van der Waals surface area contributed by atoms with Crippen LogP contribution in [0.25, 0.3) is 0 Å². The van der Waals surface area contributed by atoms with Gasteiger partial charge in [0.1, 0.15) is 0 Å². The summed E-state index contributed by atoms with van der Waals surface area (Å²) in [6.07, 6.45) is 9.67. The summed E-state index contributed by atoms with van der Waals surface area (Å²) in [5.41, 5.74) is 0.263. The molecule has 0 aromatic carbocycles. The van der Waals surface area contributed by atoms with E-state index in [4.69, 9.17) is 9.47 Å². The molecule has 0 aromatic heterocycles. The maximum absolute atomic E-state index is 6.33. The Morgan fingerprint density at radius 3 is 2.74 bits per heavy atom. The van der Waals surface area contributed by atoms with Gasteiger partial charge in [0.2, 0.25) is 0 Å².